The Hall–Kier alpha value is -2.89. The highest BCUT2D eigenvalue weighted by atomic mass is 32.2. The Kier molecular flexibility index (Phi) is 5.50. The molecule has 156 valence electrons. The van der Waals surface area contributed by atoms with Crippen molar-refractivity contribution in [3.63, 3.8) is 0 Å². The highest BCUT2D eigenvalue weighted by molar-refractivity contribution is 7.98. The summed E-state index contributed by atoms with van der Waals surface area (Å²) in [6, 6.07) is 11.9. The van der Waals surface area contributed by atoms with Crippen LogP contribution in [0.5, 0.6) is 5.75 Å². The van der Waals surface area contributed by atoms with Gasteiger partial charge in [-0.15, -0.1) is 0 Å². The molecule has 0 unspecified atom stereocenters. The van der Waals surface area contributed by atoms with E-state index in [1.807, 2.05) is 24.3 Å². The van der Waals surface area contributed by atoms with Crippen LogP contribution in [0.15, 0.2) is 61.5 Å². The SMILES string of the molecule is COc1ccc(-c2nc(CSc3nc4cc(S(=O)(=O)N(C)C)ccc4o3)no2)cc1. The molecule has 0 spiro atoms. The third-order valence-electron chi connectivity index (χ3n) is 4.25. The number of oxazole rings is 1. The van der Waals surface area contributed by atoms with Crippen LogP contribution in [-0.2, 0) is 15.8 Å². The highest BCUT2D eigenvalue weighted by Gasteiger charge is 2.19. The summed E-state index contributed by atoms with van der Waals surface area (Å²) in [5.74, 6) is 2.02. The maximum Gasteiger partial charge on any atom is 0.257 e. The standard InChI is InChI=1S/C19H18N4O5S2/c1-23(2)30(24,25)14-8-9-16-15(10-14)20-19(27-16)29-11-17-21-18(28-22-17)12-4-6-13(26-3)7-5-12/h4-10H,11H2,1-3H3. The molecule has 2 heterocycles. The Labute approximate surface area is 177 Å². The maximum atomic E-state index is 12.3. The molecule has 30 heavy (non-hydrogen) atoms. The Morgan fingerprint density at radius 1 is 1.10 bits per heavy atom. The molecule has 0 bridgehead atoms. The largest absolute Gasteiger partial charge is 0.497 e. The van der Waals surface area contributed by atoms with Crippen LogP contribution in [0.1, 0.15) is 5.82 Å². The van der Waals surface area contributed by atoms with Gasteiger partial charge in [-0.2, -0.15) is 4.98 Å². The lowest BCUT2D eigenvalue weighted by molar-refractivity contribution is 0.414. The Balaban J connectivity index is 1.48. The van der Waals surface area contributed by atoms with Gasteiger partial charge in [-0.25, -0.2) is 17.7 Å². The van der Waals surface area contributed by atoms with E-state index in [0.29, 0.717) is 33.8 Å². The van der Waals surface area contributed by atoms with Crippen LogP contribution in [0.4, 0.5) is 0 Å². The molecule has 0 aliphatic carbocycles. The number of ether oxygens (including phenoxy) is 1. The molecule has 4 aromatic rings. The molecule has 0 amide bonds. The predicted octanol–water partition coefficient (Wildman–Crippen LogP) is 3.43. The molecule has 0 saturated heterocycles. The molecule has 9 nitrogen and oxygen atoms in total. The van der Waals surface area contributed by atoms with Crippen molar-refractivity contribution >= 4 is 32.9 Å². The minimum atomic E-state index is -3.54. The quantitative estimate of drug-likeness (QED) is 0.394. The minimum absolute atomic E-state index is 0.159. The molecule has 2 aromatic carbocycles. The molecule has 11 heteroatoms. The van der Waals surface area contributed by atoms with Crippen molar-refractivity contribution in [2.24, 2.45) is 0 Å². The van der Waals surface area contributed by atoms with E-state index in [-0.39, 0.29) is 4.90 Å². The van der Waals surface area contributed by atoms with Crippen LogP contribution in [0.25, 0.3) is 22.6 Å². The van der Waals surface area contributed by atoms with Crippen LogP contribution < -0.4 is 4.74 Å². The molecule has 2 aromatic heterocycles. The van der Waals surface area contributed by atoms with Gasteiger partial charge in [0.1, 0.15) is 11.3 Å². The van der Waals surface area contributed by atoms with E-state index in [2.05, 4.69) is 15.1 Å². The number of fused-ring (bicyclic) bond motifs is 1. The van der Waals surface area contributed by atoms with Crippen molar-refractivity contribution in [3.8, 4) is 17.2 Å². The van der Waals surface area contributed by atoms with Crippen molar-refractivity contribution in [2.45, 2.75) is 15.9 Å². The lowest BCUT2D eigenvalue weighted by Crippen LogP contribution is -2.22. The fourth-order valence-electron chi connectivity index (χ4n) is 2.61. The summed E-state index contributed by atoms with van der Waals surface area (Å²) in [6.45, 7) is 0. The minimum Gasteiger partial charge on any atom is -0.497 e. The first kappa shape index (κ1) is 20.4. The number of thioether (sulfide) groups is 1. The number of hydrogen-bond acceptors (Lipinski definition) is 9. The molecule has 0 saturated carbocycles. The molecule has 0 aliphatic rings. The number of nitrogens with zero attached hydrogens (tertiary/aromatic N) is 4. The molecular formula is C19H18N4O5S2. The first-order valence-corrected chi connectivity index (χ1v) is 11.2. The summed E-state index contributed by atoms with van der Waals surface area (Å²) in [6.07, 6.45) is 0. The van der Waals surface area contributed by atoms with E-state index in [1.165, 1.54) is 38.0 Å². The second kappa shape index (κ2) is 8.09. The number of hydrogen-bond donors (Lipinski definition) is 0. The van der Waals surface area contributed by atoms with Gasteiger partial charge < -0.3 is 13.7 Å². The van der Waals surface area contributed by atoms with Crippen LogP contribution in [0.3, 0.4) is 0 Å². The molecular weight excluding hydrogens is 428 g/mol. The zero-order valence-corrected chi connectivity index (χ0v) is 18.0. The van der Waals surface area contributed by atoms with Gasteiger partial charge in [-0.05, 0) is 42.5 Å². The van der Waals surface area contributed by atoms with Crippen LogP contribution in [0, 0.1) is 0 Å². The van der Waals surface area contributed by atoms with E-state index < -0.39 is 10.0 Å². The van der Waals surface area contributed by atoms with Gasteiger partial charge in [-0.1, -0.05) is 16.9 Å². The zero-order valence-electron chi connectivity index (χ0n) is 16.4. The zero-order chi connectivity index (χ0) is 21.3. The molecule has 0 atom stereocenters. The predicted molar refractivity (Wildman–Crippen MR) is 111 cm³/mol. The maximum absolute atomic E-state index is 12.3. The normalized spacial score (nSPS) is 12.0. The number of rotatable bonds is 7. The van der Waals surface area contributed by atoms with E-state index in [0.717, 1.165) is 15.6 Å². The number of methoxy groups -OCH3 is 1. The summed E-state index contributed by atoms with van der Waals surface area (Å²) in [4.78, 5) is 8.90. The van der Waals surface area contributed by atoms with Crippen LogP contribution in [0.2, 0.25) is 0 Å². The second-order valence-electron chi connectivity index (χ2n) is 6.43. The molecule has 0 aliphatic heterocycles. The van der Waals surface area contributed by atoms with Gasteiger partial charge in [-0.3, -0.25) is 0 Å². The summed E-state index contributed by atoms with van der Waals surface area (Å²) in [5, 5.41) is 4.37. The van der Waals surface area contributed by atoms with E-state index in [1.54, 1.807) is 13.2 Å². The molecule has 0 fully saturated rings. The second-order valence-corrected chi connectivity index (χ2v) is 9.51. The molecule has 0 N–H and O–H groups in total. The molecule has 0 radical (unpaired) electrons. The van der Waals surface area contributed by atoms with E-state index >= 15 is 0 Å². The Morgan fingerprint density at radius 2 is 1.87 bits per heavy atom. The van der Waals surface area contributed by atoms with Crippen molar-refractivity contribution in [1.82, 2.24) is 19.4 Å². The van der Waals surface area contributed by atoms with Gasteiger partial charge in [0.05, 0.1) is 17.8 Å². The smallest absolute Gasteiger partial charge is 0.257 e. The number of aromatic nitrogens is 3. The van der Waals surface area contributed by atoms with E-state index in [4.69, 9.17) is 13.7 Å². The topological polar surface area (TPSA) is 112 Å². The van der Waals surface area contributed by atoms with Gasteiger partial charge in [0.15, 0.2) is 11.4 Å². The number of benzene rings is 2. The third-order valence-corrected chi connectivity index (χ3v) is 6.88. The van der Waals surface area contributed by atoms with Crippen molar-refractivity contribution < 1.29 is 22.1 Å². The average molecular weight is 447 g/mol. The number of sulfonamides is 1. The van der Waals surface area contributed by atoms with E-state index in [9.17, 15) is 8.42 Å². The lowest BCUT2D eigenvalue weighted by Gasteiger charge is -2.10. The van der Waals surface area contributed by atoms with Crippen molar-refractivity contribution in [3.05, 3.63) is 48.3 Å². The summed E-state index contributed by atoms with van der Waals surface area (Å²) >= 11 is 1.29. The Morgan fingerprint density at radius 3 is 2.57 bits per heavy atom. The highest BCUT2D eigenvalue weighted by Crippen LogP contribution is 2.28. The van der Waals surface area contributed by atoms with Gasteiger partial charge in [0.25, 0.3) is 11.1 Å². The third kappa shape index (κ3) is 4.04. The van der Waals surface area contributed by atoms with Crippen LogP contribution in [-0.4, -0.2) is 49.1 Å². The van der Waals surface area contributed by atoms with Crippen molar-refractivity contribution in [2.75, 3.05) is 21.2 Å². The lowest BCUT2D eigenvalue weighted by atomic mass is 10.2. The summed E-state index contributed by atoms with van der Waals surface area (Å²) in [5.41, 5.74) is 1.76. The fourth-order valence-corrected chi connectivity index (χ4v) is 4.21. The van der Waals surface area contributed by atoms with Gasteiger partial charge >= 0.3 is 0 Å². The van der Waals surface area contributed by atoms with Crippen LogP contribution >= 0.6 is 11.8 Å². The first-order valence-electron chi connectivity index (χ1n) is 8.80. The first-order chi connectivity index (χ1) is 14.4. The fraction of sp³-hybridized carbons (Fsp3) is 0.211. The Bertz CT molecular complexity index is 1280. The monoisotopic (exact) mass is 446 g/mol. The van der Waals surface area contributed by atoms with Gasteiger partial charge in [0, 0.05) is 19.7 Å². The summed E-state index contributed by atoms with van der Waals surface area (Å²) in [7, 11) is 1.03. The molecule has 4 rings (SSSR count). The average Bonchev–Trinajstić information content (AvgIpc) is 3.38. The van der Waals surface area contributed by atoms with Gasteiger partial charge in [0.2, 0.25) is 10.0 Å². The summed E-state index contributed by atoms with van der Waals surface area (Å²) < 4.78 is 41.8. The van der Waals surface area contributed by atoms with Crippen molar-refractivity contribution in [1.29, 1.82) is 0 Å².